The molecule has 26 heavy (non-hydrogen) atoms. The molecule has 1 aromatic carbocycles. The quantitative estimate of drug-likeness (QED) is 0.446. The molecule has 0 bridgehead atoms. The lowest BCUT2D eigenvalue weighted by Gasteiger charge is -2.07. The molecule has 2 aromatic rings. The molecule has 1 heterocycles. The van der Waals surface area contributed by atoms with Gasteiger partial charge in [0.15, 0.2) is 6.61 Å². The van der Waals surface area contributed by atoms with Crippen LogP contribution in [0.4, 0.5) is 5.82 Å². The van der Waals surface area contributed by atoms with Gasteiger partial charge in [-0.25, -0.2) is 9.59 Å². The summed E-state index contributed by atoms with van der Waals surface area (Å²) in [6, 6.07) is 4.70. The number of carbonyl (C=O) groups excluding carboxylic acids is 2. The van der Waals surface area contributed by atoms with E-state index in [9.17, 15) is 19.2 Å². The number of nitrogens with zero attached hydrogens (tertiary/aromatic N) is 1. The van der Waals surface area contributed by atoms with Crippen LogP contribution in [0.1, 0.15) is 15.9 Å². The van der Waals surface area contributed by atoms with Crippen molar-refractivity contribution in [3.05, 3.63) is 66.3 Å². The number of nitrogens with two attached hydrogens (primary N) is 1. The summed E-state index contributed by atoms with van der Waals surface area (Å²) in [5.74, 6) is -1.99. The van der Waals surface area contributed by atoms with Gasteiger partial charge in [-0.3, -0.25) is 19.1 Å². The lowest BCUT2D eigenvalue weighted by Crippen LogP contribution is -2.35. The van der Waals surface area contributed by atoms with Gasteiger partial charge in [0, 0.05) is 23.2 Å². The Labute approximate surface area is 156 Å². The van der Waals surface area contributed by atoms with Crippen molar-refractivity contribution in [3.63, 3.8) is 0 Å². The second-order valence-corrected chi connectivity index (χ2v) is 5.95. The number of halogens is 2. The van der Waals surface area contributed by atoms with Crippen molar-refractivity contribution in [3.8, 4) is 0 Å². The number of hydrogen-bond donors (Lipinski definition) is 2. The van der Waals surface area contributed by atoms with Crippen LogP contribution in [-0.4, -0.2) is 27.9 Å². The predicted molar refractivity (Wildman–Crippen MR) is 97.5 cm³/mol. The number of hydrogen-bond acceptors (Lipinski definition) is 6. The van der Waals surface area contributed by atoms with Crippen LogP contribution in [0, 0.1) is 0 Å². The number of rotatable bonds is 5. The van der Waals surface area contributed by atoms with Crippen molar-refractivity contribution in [2.45, 2.75) is 0 Å². The van der Waals surface area contributed by atoms with Crippen molar-refractivity contribution in [2.24, 2.45) is 7.05 Å². The van der Waals surface area contributed by atoms with Gasteiger partial charge >= 0.3 is 11.7 Å². The predicted octanol–water partition coefficient (Wildman–Crippen LogP) is 1.40. The molecular weight excluding hydrogens is 385 g/mol. The smallest absolute Gasteiger partial charge is 0.331 e. The van der Waals surface area contributed by atoms with Crippen LogP contribution in [0.3, 0.4) is 0 Å². The fraction of sp³-hybridized carbons (Fsp3) is 0.125. The Kier molecular flexibility index (Phi) is 6.01. The molecule has 0 unspecified atom stereocenters. The number of esters is 1. The normalized spacial score (nSPS) is 10.9. The highest BCUT2D eigenvalue weighted by atomic mass is 35.5. The Bertz CT molecular complexity index is 1020. The van der Waals surface area contributed by atoms with Gasteiger partial charge in [0.25, 0.3) is 5.56 Å². The molecule has 1 aromatic heterocycles. The van der Waals surface area contributed by atoms with E-state index in [-0.39, 0.29) is 5.82 Å². The highest BCUT2D eigenvalue weighted by Crippen LogP contribution is 2.21. The van der Waals surface area contributed by atoms with E-state index < -0.39 is 35.2 Å². The third kappa shape index (κ3) is 4.41. The first kappa shape index (κ1) is 19.5. The number of H-pyrrole nitrogens is 1. The Morgan fingerprint density at radius 3 is 2.65 bits per heavy atom. The van der Waals surface area contributed by atoms with Crippen LogP contribution in [0.5, 0.6) is 0 Å². The number of carbonyl (C=O) groups is 2. The van der Waals surface area contributed by atoms with E-state index in [2.05, 4.69) is 0 Å². The first-order chi connectivity index (χ1) is 12.2. The fourth-order valence-electron chi connectivity index (χ4n) is 1.96. The maximum atomic E-state index is 12.1. The van der Waals surface area contributed by atoms with E-state index in [0.717, 1.165) is 10.6 Å². The average molecular weight is 398 g/mol. The van der Waals surface area contributed by atoms with E-state index in [1.165, 1.54) is 19.2 Å². The number of nitrogens with one attached hydrogen (secondary N) is 1. The summed E-state index contributed by atoms with van der Waals surface area (Å²) in [5, 5.41) is 0.780. The molecule has 10 heteroatoms. The maximum absolute atomic E-state index is 12.1. The van der Waals surface area contributed by atoms with Crippen LogP contribution in [-0.2, 0) is 16.6 Å². The number of anilines is 1. The molecule has 136 valence electrons. The summed E-state index contributed by atoms with van der Waals surface area (Å²) in [6.45, 7) is -0.719. The number of ketones is 1. The summed E-state index contributed by atoms with van der Waals surface area (Å²) >= 11 is 11.7. The van der Waals surface area contributed by atoms with Gasteiger partial charge in [0.2, 0.25) is 5.78 Å². The molecule has 8 nitrogen and oxygen atoms in total. The van der Waals surface area contributed by atoms with E-state index >= 15 is 0 Å². The highest BCUT2D eigenvalue weighted by molar-refractivity contribution is 6.35. The maximum Gasteiger partial charge on any atom is 0.331 e. The Morgan fingerprint density at radius 2 is 2.00 bits per heavy atom. The number of benzene rings is 1. The lowest BCUT2D eigenvalue weighted by molar-refractivity contribution is -0.136. The van der Waals surface area contributed by atoms with E-state index in [4.69, 9.17) is 33.7 Å². The van der Waals surface area contributed by atoms with Crippen molar-refractivity contribution in [1.29, 1.82) is 0 Å². The van der Waals surface area contributed by atoms with E-state index in [1.54, 1.807) is 12.1 Å². The van der Waals surface area contributed by atoms with Gasteiger partial charge in [-0.05, 0) is 23.8 Å². The highest BCUT2D eigenvalue weighted by Gasteiger charge is 2.19. The molecule has 0 aliphatic heterocycles. The second-order valence-electron chi connectivity index (χ2n) is 5.11. The minimum absolute atomic E-state index is 0.316. The first-order valence-corrected chi connectivity index (χ1v) is 7.88. The minimum atomic E-state index is -0.949. The Morgan fingerprint density at radius 1 is 1.31 bits per heavy atom. The van der Waals surface area contributed by atoms with Gasteiger partial charge in [-0.1, -0.05) is 29.3 Å². The number of Topliss-reactive ketones (excluding diaryl/α,β-unsaturated/α-hetero) is 1. The summed E-state index contributed by atoms with van der Waals surface area (Å²) < 4.78 is 5.69. The van der Waals surface area contributed by atoms with E-state index in [1.807, 2.05) is 4.98 Å². The molecule has 0 fully saturated rings. The molecule has 0 spiro atoms. The van der Waals surface area contributed by atoms with Crippen LogP contribution < -0.4 is 17.0 Å². The van der Waals surface area contributed by atoms with Gasteiger partial charge in [0.1, 0.15) is 11.4 Å². The third-order valence-corrected chi connectivity index (χ3v) is 3.92. The Hall–Kier alpha value is -2.84. The van der Waals surface area contributed by atoms with Crippen molar-refractivity contribution in [1.82, 2.24) is 9.55 Å². The fourth-order valence-corrected chi connectivity index (χ4v) is 2.43. The SMILES string of the molecule is Cn1c(N)c(C(=O)COC(=O)/C=C/c2ccc(Cl)cc2Cl)c(=O)[nH]c1=O. The van der Waals surface area contributed by atoms with E-state index in [0.29, 0.717) is 15.6 Å². The monoisotopic (exact) mass is 397 g/mol. The molecule has 0 saturated carbocycles. The average Bonchev–Trinajstić information content (AvgIpc) is 2.57. The van der Waals surface area contributed by atoms with Gasteiger partial charge < -0.3 is 10.5 Å². The van der Waals surface area contributed by atoms with Gasteiger partial charge in [-0.2, -0.15) is 0 Å². The number of aromatic amines is 1. The van der Waals surface area contributed by atoms with Crippen LogP contribution in [0.15, 0.2) is 33.9 Å². The Balaban J connectivity index is 2.07. The molecule has 0 aliphatic carbocycles. The number of nitrogen functional groups attached to an aromatic ring is 1. The summed E-state index contributed by atoms with van der Waals surface area (Å²) in [5.41, 5.74) is 3.96. The molecular formula is C16H13Cl2N3O5. The second kappa shape index (κ2) is 8.03. The number of ether oxygens (including phenoxy) is 1. The van der Waals surface area contributed by atoms with Crippen LogP contribution in [0.25, 0.3) is 6.08 Å². The molecule has 3 N–H and O–H groups in total. The van der Waals surface area contributed by atoms with Crippen molar-refractivity contribution in [2.75, 3.05) is 12.3 Å². The molecule has 2 rings (SSSR count). The first-order valence-electron chi connectivity index (χ1n) is 7.12. The van der Waals surface area contributed by atoms with Crippen molar-refractivity contribution >= 4 is 46.8 Å². The summed E-state index contributed by atoms with van der Waals surface area (Å²) in [7, 11) is 1.29. The summed E-state index contributed by atoms with van der Waals surface area (Å²) in [6.07, 6.45) is 2.45. The minimum Gasteiger partial charge on any atom is -0.454 e. The zero-order valence-corrected chi connectivity index (χ0v) is 14.9. The largest absolute Gasteiger partial charge is 0.454 e. The lowest BCUT2D eigenvalue weighted by atomic mass is 10.2. The molecule has 0 aliphatic rings. The molecule has 0 amide bonds. The third-order valence-electron chi connectivity index (χ3n) is 3.36. The van der Waals surface area contributed by atoms with Crippen LogP contribution >= 0.6 is 23.2 Å². The zero-order valence-electron chi connectivity index (χ0n) is 13.4. The summed E-state index contributed by atoms with van der Waals surface area (Å²) in [4.78, 5) is 48.8. The standard InChI is InChI=1S/C16H13Cl2N3O5/c1-21-14(19)13(15(24)20-16(21)25)11(22)7-26-12(23)5-3-8-2-4-9(17)6-10(8)18/h2-6H,7,19H2,1H3,(H,20,24,25)/b5-3+. The molecule has 0 atom stereocenters. The molecule has 0 saturated heterocycles. The zero-order chi connectivity index (χ0) is 19.4. The van der Waals surface area contributed by atoms with Gasteiger partial charge in [0.05, 0.1) is 0 Å². The van der Waals surface area contributed by atoms with Crippen LogP contribution in [0.2, 0.25) is 10.0 Å². The number of aromatic nitrogens is 2. The van der Waals surface area contributed by atoms with Crippen molar-refractivity contribution < 1.29 is 14.3 Å². The topological polar surface area (TPSA) is 124 Å². The molecule has 0 radical (unpaired) electrons. The van der Waals surface area contributed by atoms with Gasteiger partial charge in [-0.15, -0.1) is 0 Å².